The third-order valence-electron chi connectivity index (χ3n) is 5.84. The van der Waals surface area contributed by atoms with Gasteiger partial charge in [0.15, 0.2) is 7.85 Å². The second-order valence-electron chi connectivity index (χ2n) is 9.55. The molecule has 188 valence electrons. The first-order chi connectivity index (χ1) is 15.4. The molecule has 2 unspecified atom stereocenters. The van der Waals surface area contributed by atoms with E-state index < -0.39 is 60.1 Å². The third kappa shape index (κ3) is 5.04. The van der Waals surface area contributed by atoms with Gasteiger partial charge in [0.1, 0.15) is 29.4 Å². The highest BCUT2D eigenvalue weighted by Crippen LogP contribution is 2.64. The Labute approximate surface area is 199 Å². The second-order valence-corrected chi connectivity index (χ2v) is 9.91. The van der Waals surface area contributed by atoms with E-state index in [0.29, 0.717) is 0 Å². The van der Waals surface area contributed by atoms with Crippen LogP contribution < -0.4 is 10.4 Å². The van der Waals surface area contributed by atoms with E-state index in [4.69, 9.17) is 21.1 Å². The lowest BCUT2D eigenvalue weighted by Gasteiger charge is -2.44. The molecule has 1 aliphatic heterocycles. The number of pyridine rings is 1. The van der Waals surface area contributed by atoms with Gasteiger partial charge in [0, 0.05) is 6.20 Å². The van der Waals surface area contributed by atoms with Crippen molar-refractivity contribution in [3.05, 3.63) is 35.1 Å². The largest absolute Gasteiger partial charge is 0.456 e. The first kappa shape index (κ1) is 26.7. The number of ether oxygens (including phenoxy) is 2. The van der Waals surface area contributed by atoms with Crippen LogP contribution in [-0.2, 0) is 9.47 Å². The summed E-state index contributed by atoms with van der Waals surface area (Å²) in [7, 11) is 0.735. The van der Waals surface area contributed by atoms with Gasteiger partial charge in [-0.1, -0.05) is 11.6 Å². The van der Waals surface area contributed by atoms with Crippen LogP contribution in [0.1, 0.15) is 44.0 Å². The number of aliphatic hydroxyl groups is 3. The normalized spacial score (nSPS) is 21.9. The number of carbonyl (C=O) groups is 1. The van der Waals surface area contributed by atoms with Crippen LogP contribution in [0.5, 0.6) is 0 Å². The lowest BCUT2D eigenvalue weighted by atomic mass is 9.63. The number of nitrogens with one attached hydrogen (secondary N) is 1. The van der Waals surface area contributed by atoms with E-state index in [0.717, 1.165) is 7.85 Å². The monoisotopic (exact) mass is 507 g/mol. The van der Waals surface area contributed by atoms with Crippen molar-refractivity contribution in [2.75, 3.05) is 11.6 Å². The lowest BCUT2D eigenvalue weighted by Crippen LogP contribution is -2.66. The summed E-state index contributed by atoms with van der Waals surface area (Å²) in [4.78, 5) is 16.3. The predicted octanol–water partition coefficient (Wildman–Crippen LogP) is 1.22. The molecule has 1 aliphatic carbocycles. The van der Waals surface area contributed by atoms with E-state index in [1.807, 2.05) is 0 Å². The average Bonchev–Trinajstić information content (AvgIpc) is 3.39. The minimum atomic E-state index is -4.81. The Morgan fingerprint density at radius 2 is 1.91 bits per heavy atom. The third-order valence-corrected chi connectivity index (χ3v) is 6.13. The zero-order valence-corrected chi connectivity index (χ0v) is 19.7. The molecule has 0 spiro atoms. The fraction of sp³-hybridized carbons (Fsp3) is 0.600. The van der Waals surface area contributed by atoms with Crippen molar-refractivity contribution in [2.24, 2.45) is 5.41 Å². The fourth-order valence-corrected chi connectivity index (χ4v) is 3.79. The Balaban J connectivity index is 1.62. The molecule has 4 N–H and O–H groups in total. The maximum Gasteiger partial charge on any atom is 0.396 e. The van der Waals surface area contributed by atoms with Crippen LogP contribution in [0.4, 0.5) is 19.0 Å². The van der Waals surface area contributed by atoms with Crippen molar-refractivity contribution in [1.29, 1.82) is 0 Å². The SMILES string of the molecule is BC(O)(C(O)(O)COC1C=CN(c2ccc(C(=O)OC(C)(C)C)c(Cl)n2)N1)C1(C(F)(F)F)CC1. The summed E-state index contributed by atoms with van der Waals surface area (Å²) in [5.74, 6) is -3.58. The molecule has 1 aromatic heterocycles. The molecule has 2 atom stereocenters. The molecule has 2 heterocycles. The zero-order valence-electron chi connectivity index (χ0n) is 19.0. The molecule has 0 saturated heterocycles. The van der Waals surface area contributed by atoms with Crippen LogP contribution in [0.25, 0.3) is 0 Å². The summed E-state index contributed by atoms with van der Waals surface area (Å²) in [6.45, 7) is 4.11. The second kappa shape index (κ2) is 8.64. The van der Waals surface area contributed by atoms with Gasteiger partial charge in [-0.05, 0) is 51.8 Å². The molecule has 9 nitrogen and oxygen atoms in total. The number of alkyl halides is 3. The average molecular weight is 508 g/mol. The van der Waals surface area contributed by atoms with Crippen LogP contribution in [0, 0.1) is 5.41 Å². The van der Waals surface area contributed by atoms with Crippen LogP contribution in [0.2, 0.25) is 5.15 Å². The van der Waals surface area contributed by atoms with Crippen LogP contribution in [0.15, 0.2) is 24.4 Å². The Kier molecular flexibility index (Phi) is 6.79. The van der Waals surface area contributed by atoms with Crippen molar-refractivity contribution >= 4 is 31.2 Å². The summed E-state index contributed by atoms with van der Waals surface area (Å²) < 4.78 is 50.7. The summed E-state index contributed by atoms with van der Waals surface area (Å²) in [6, 6.07) is 2.89. The maximum absolute atomic E-state index is 13.4. The topological polar surface area (TPSA) is 124 Å². The quantitative estimate of drug-likeness (QED) is 0.187. The number of nitrogens with zero attached hydrogens (tertiary/aromatic N) is 2. The zero-order chi connectivity index (χ0) is 25.7. The number of hydrazine groups is 1. The molecule has 2 aliphatic rings. The number of esters is 1. The van der Waals surface area contributed by atoms with Crippen molar-refractivity contribution in [2.45, 2.75) is 62.9 Å². The van der Waals surface area contributed by atoms with Crippen molar-refractivity contribution in [3.8, 4) is 0 Å². The molecule has 0 radical (unpaired) electrons. The van der Waals surface area contributed by atoms with E-state index in [1.54, 1.807) is 20.8 Å². The maximum atomic E-state index is 13.4. The first-order valence-electron chi connectivity index (χ1n) is 10.4. The molecule has 3 rings (SSSR count). The van der Waals surface area contributed by atoms with E-state index in [-0.39, 0.29) is 16.5 Å². The fourth-order valence-electron chi connectivity index (χ4n) is 3.57. The van der Waals surface area contributed by atoms with Gasteiger partial charge in [0.2, 0.25) is 5.79 Å². The van der Waals surface area contributed by atoms with Gasteiger partial charge in [-0.15, -0.1) is 0 Å². The molecule has 34 heavy (non-hydrogen) atoms. The highest BCUT2D eigenvalue weighted by atomic mass is 35.5. The molecular formula is C20H26BClF3N3O6. The minimum absolute atomic E-state index is 0.0579. The van der Waals surface area contributed by atoms with Gasteiger partial charge in [-0.3, -0.25) is 5.01 Å². The molecule has 0 amide bonds. The number of hydrogen-bond donors (Lipinski definition) is 4. The highest BCUT2D eigenvalue weighted by Gasteiger charge is 2.76. The Bertz CT molecular complexity index is 979. The number of anilines is 1. The molecule has 0 aromatic carbocycles. The Hall–Kier alpha value is -1.90. The molecule has 1 saturated carbocycles. The smallest absolute Gasteiger partial charge is 0.396 e. The van der Waals surface area contributed by atoms with Crippen molar-refractivity contribution in [1.82, 2.24) is 10.4 Å². The molecule has 1 aromatic rings. The van der Waals surface area contributed by atoms with E-state index in [2.05, 4.69) is 10.4 Å². The number of hydrogen-bond acceptors (Lipinski definition) is 9. The molecular weight excluding hydrogens is 481 g/mol. The van der Waals surface area contributed by atoms with Gasteiger partial charge in [0.25, 0.3) is 0 Å². The highest BCUT2D eigenvalue weighted by molar-refractivity contribution is 6.32. The van der Waals surface area contributed by atoms with E-state index in [1.165, 1.54) is 29.4 Å². The van der Waals surface area contributed by atoms with Gasteiger partial charge >= 0.3 is 12.1 Å². The summed E-state index contributed by atoms with van der Waals surface area (Å²) in [5, 5.41) is 32.2. The Morgan fingerprint density at radius 1 is 1.29 bits per heavy atom. The van der Waals surface area contributed by atoms with Gasteiger partial charge in [-0.2, -0.15) is 18.6 Å². The van der Waals surface area contributed by atoms with Crippen molar-refractivity contribution in [3.63, 3.8) is 0 Å². The Morgan fingerprint density at radius 3 is 2.41 bits per heavy atom. The summed E-state index contributed by atoms with van der Waals surface area (Å²) in [5.41, 5.74) is -3.41. The first-order valence-corrected chi connectivity index (χ1v) is 10.8. The number of aromatic nitrogens is 1. The molecule has 0 bridgehead atoms. The summed E-state index contributed by atoms with van der Waals surface area (Å²) in [6.07, 6.45) is -3.75. The molecule has 14 heteroatoms. The van der Waals surface area contributed by atoms with Gasteiger partial charge in [-0.25, -0.2) is 9.78 Å². The molecule has 1 fully saturated rings. The van der Waals surface area contributed by atoms with Crippen molar-refractivity contribution < 1.29 is 42.8 Å². The predicted molar refractivity (Wildman–Crippen MR) is 117 cm³/mol. The van der Waals surface area contributed by atoms with E-state index >= 15 is 0 Å². The van der Waals surface area contributed by atoms with Crippen LogP contribution in [0.3, 0.4) is 0 Å². The number of carbonyl (C=O) groups excluding carboxylic acids is 1. The van der Waals surface area contributed by atoms with Crippen LogP contribution >= 0.6 is 11.6 Å². The van der Waals surface area contributed by atoms with Gasteiger partial charge in [0.05, 0.1) is 16.5 Å². The van der Waals surface area contributed by atoms with E-state index in [9.17, 15) is 33.3 Å². The lowest BCUT2D eigenvalue weighted by molar-refractivity contribution is -0.326. The van der Waals surface area contributed by atoms with Crippen LogP contribution in [-0.4, -0.2) is 70.0 Å². The number of halogens is 4. The standard InChI is InChI=1S/C20H26BClF3N3O6/c1-16(2,3)34-15(29)11-4-5-12(26-14(11)22)28-9-6-13(27-28)33-10-18(30,31)19(21,32)17(7-8-17)20(23,24)25/h4-6,9,13,27,30-32H,7-8,10,21H2,1-3H3. The summed E-state index contributed by atoms with van der Waals surface area (Å²) >= 11 is 6.12. The number of rotatable bonds is 7. The van der Waals surface area contributed by atoms with Gasteiger partial charge < -0.3 is 24.8 Å². The minimum Gasteiger partial charge on any atom is -0.456 e.